The van der Waals surface area contributed by atoms with Gasteiger partial charge in [0, 0.05) is 17.8 Å². The fourth-order valence-corrected chi connectivity index (χ4v) is 4.83. The van der Waals surface area contributed by atoms with Gasteiger partial charge in [-0.15, -0.1) is 10.2 Å². The standard InChI is InChI=1S/C30H33N7O2S/c1-5-37-28(27(20(2)3)32-29(39)22-11-9-10-21(4)18-22)35-36-30(37)40-19-26(38)31-23-14-16-25(17-15-23)34-33-24-12-7-6-8-13-24/h6-18,20,27H,5,19H2,1-4H3,(H,31,38)(H,32,39)/t27-/m1/s1. The molecule has 0 aliphatic rings. The predicted molar refractivity (Wildman–Crippen MR) is 158 cm³/mol. The topological polar surface area (TPSA) is 114 Å². The van der Waals surface area contributed by atoms with Gasteiger partial charge in [0.05, 0.1) is 23.2 Å². The van der Waals surface area contributed by atoms with Crippen LogP contribution in [0.3, 0.4) is 0 Å². The summed E-state index contributed by atoms with van der Waals surface area (Å²) in [5.74, 6) is 0.592. The fourth-order valence-electron chi connectivity index (χ4n) is 4.02. The van der Waals surface area contributed by atoms with Crippen LogP contribution >= 0.6 is 11.8 Å². The van der Waals surface area contributed by atoms with E-state index in [1.54, 1.807) is 30.3 Å². The van der Waals surface area contributed by atoms with Crippen LogP contribution < -0.4 is 10.6 Å². The van der Waals surface area contributed by atoms with Gasteiger partial charge in [-0.2, -0.15) is 10.2 Å². The number of aromatic nitrogens is 3. The van der Waals surface area contributed by atoms with E-state index in [0.717, 1.165) is 11.3 Å². The highest BCUT2D eigenvalue weighted by molar-refractivity contribution is 7.99. The SMILES string of the molecule is CCn1c(SCC(=O)Nc2ccc(N=Nc3ccccc3)cc2)nnc1[C@H](NC(=O)c1cccc(C)c1)C(C)C. The van der Waals surface area contributed by atoms with Gasteiger partial charge < -0.3 is 15.2 Å². The number of nitrogens with zero attached hydrogens (tertiary/aromatic N) is 5. The summed E-state index contributed by atoms with van der Waals surface area (Å²) < 4.78 is 1.95. The van der Waals surface area contributed by atoms with Crippen molar-refractivity contribution in [1.82, 2.24) is 20.1 Å². The minimum atomic E-state index is -0.332. The lowest BCUT2D eigenvalue weighted by Crippen LogP contribution is -2.33. The van der Waals surface area contributed by atoms with E-state index in [1.165, 1.54) is 11.8 Å². The number of thioether (sulfide) groups is 1. The number of hydrogen-bond acceptors (Lipinski definition) is 7. The van der Waals surface area contributed by atoms with Crippen LogP contribution in [0, 0.1) is 12.8 Å². The highest BCUT2D eigenvalue weighted by atomic mass is 32.2. The molecular formula is C30H33N7O2S. The summed E-state index contributed by atoms with van der Waals surface area (Å²) in [6.45, 7) is 8.62. The third kappa shape index (κ3) is 7.63. The van der Waals surface area contributed by atoms with E-state index in [4.69, 9.17) is 0 Å². The van der Waals surface area contributed by atoms with Gasteiger partial charge in [-0.1, -0.05) is 61.5 Å². The van der Waals surface area contributed by atoms with Crippen LogP contribution in [-0.4, -0.2) is 32.3 Å². The minimum Gasteiger partial charge on any atom is -0.342 e. The monoisotopic (exact) mass is 555 g/mol. The molecule has 0 aliphatic carbocycles. The summed E-state index contributed by atoms with van der Waals surface area (Å²) in [4.78, 5) is 25.6. The average Bonchev–Trinajstić information content (AvgIpc) is 3.37. The number of benzene rings is 3. The lowest BCUT2D eigenvalue weighted by Gasteiger charge is -2.22. The van der Waals surface area contributed by atoms with Gasteiger partial charge in [0.1, 0.15) is 0 Å². The fraction of sp³-hybridized carbons (Fsp3) is 0.267. The molecule has 0 unspecified atom stereocenters. The predicted octanol–water partition coefficient (Wildman–Crippen LogP) is 6.88. The lowest BCUT2D eigenvalue weighted by molar-refractivity contribution is -0.113. The molecule has 0 spiro atoms. The van der Waals surface area contributed by atoms with Crippen LogP contribution in [0.25, 0.3) is 0 Å². The van der Waals surface area contributed by atoms with E-state index in [1.807, 2.05) is 80.8 Å². The summed E-state index contributed by atoms with van der Waals surface area (Å²) in [6.07, 6.45) is 0. The molecular weight excluding hydrogens is 522 g/mol. The number of hydrogen-bond donors (Lipinski definition) is 2. The molecule has 40 heavy (non-hydrogen) atoms. The maximum Gasteiger partial charge on any atom is 0.251 e. The number of anilines is 1. The molecule has 0 aliphatic heterocycles. The second-order valence-corrected chi connectivity index (χ2v) is 10.5. The molecule has 206 valence electrons. The number of azo groups is 1. The highest BCUT2D eigenvalue weighted by Crippen LogP contribution is 2.26. The largest absolute Gasteiger partial charge is 0.342 e. The van der Waals surface area contributed by atoms with Crippen LogP contribution in [0.15, 0.2) is 94.2 Å². The third-order valence-corrected chi connectivity index (χ3v) is 7.06. The maximum absolute atomic E-state index is 13.0. The lowest BCUT2D eigenvalue weighted by atomic mass is 10.0. The van der Waals surface area contributed by atoms with Crippen molar-refractivity contribution < 1.29 is 9.59 Å². The Balaban J connectivity index is 1.36. The van der Waals surface area contributed by atoms with Crippen molar-refractivity contribution in [1.29, 1.82) is 0 Å². The first-order chi connectivity index (χ1) is 19.3. The van der Waals surface area contributed by atoms with Gasteiger partial charge >= 0.3 is 0 Å². The van der Waals surface area contributed by atoms with E-state index in [9.17, 15) is 9.59 Å². The van der Waals surface area contributed by atoms with E-state index >= 15 is 0 Å². The molecule has 0 radical (unpaired) electrons. The molecule has 2 amide bonds. The molecule has 2 N–H and O–H groups in total. The van der Waals surface area contributed by atoms with Crippen molar-refractivity contribution in [2.45, 2.75) is 45.4 Å². The summed E-state index contributed by atoms with van der Waals surface area (Å²) in [7, 11) is 0. The Morgan fingerprint density at radius 3 is 2.27 bits per heavy atom. The van der Waals surface area contributed by atoms with Gasteiger partial charge in [-0.3, -0.25) is 9.59 Å². The Kier molecular flexibility index (Phi) is 9.80. The molecule has 9 nitrogen and oxygen atoms in total. The van der Waals surface area contributed by atoms with Crippen LogP contribution in [0.1, 0.15) is 48.6 Å². The van der Waals surface area contributed by atoms with Crippen molar-refractivity contribution in [3.8, 4) is 0 Å². The van der Waals surface area contributed by atoms with Crippen molar-refractivity contribution >= 4 is 40.6 Å². The second-order valence-electron chi connectivity index (χ2n) is 9.57. The molecule has 4 rings (SSSR count). The Hall–Kier alpha value is -4.31. The van der Waals surface area contributed by atoms with Gasteiger partial charge in [0.2, 0.25) is 5.91 Å². The molecule has 4 aromatic rings. The van der Waals surface area contributed by atoms with Crippen LogP contribution in [0.4, 0.5) is 17.1 Å². The van der Waals surface area contributed by atoms with Crippen LogP contribution in [-0.2, 0) is 11.3 Å². The van der Waals surface area contributed by atoms with Crippen molar-refractivity contribution in [2.75, 3.05) is 11.1 Å². The highest BCUT2D eigenvalue weighted by Gasteiger charge is 2.26. The van der Waals surface area contributed by atoms with Crippen molar-refractivity contribution in [3.63, 3.8) is 0 Å². The number of nitrogens with one attached hydrogen (secondary N) is 2. The normalized spacial score (nSPS) is 12.0. The van der Waals surface area contributed by atoms with Crippen LogP contribution in [0.2, 0.25) is 0 Å². The quantitative estimate of drug-likeness (QED) is 0.155. The smallest absolute Gasteiger partial charge is 0.251 e. The van der Waals surface area contributed by atoms with E-state index in [-0.39, 0.29) is 29.5 Å². The number of aryl methyl sites for hydroxylation is 1. The van der Waals surface area contributed by atoms with E-state index in [0.29, 0.717) is 34.5 Å². The first-order valence-corrected chi connectivity index (χ1v) is 14.1. The molecule has 0 saturated carbocycles. The van der Waals surface area contributed by atoms with E-state index < -0.39 is 0 Å². The van der Waals surface area contributed by atoms with Gasteiger partial charge in [-0.05, 0) is 68.3 Å². The summed E-state index contributed by atoms with van der Waals surface area (Å²) in [6, 6.07) is 23.8. The third-order valence-electron chi connectivity index (χ3n) is 6.09. The maximum atomic E-state index is 13.0. The zero-order chi connectivity index (χ0) is 28.5. The molecule has 3 aromatic carbocycles. The molecule has 0 fully saturated rings. The Bertz CT molecular complexity index is 1470. The molecule has 10 heteroatoms. The van der Waals surface area contributed by atoms with Crippen LogP contribution in [0.5, 0.6) is 0 Å². The average molecular weight is 556 g/mol. The summed E-state index contributed by atoms with van der Waals surface area (Å²) in [5.41, 5.74) is 3.75. The van der Waals surface area contributed by atoms with Gasteiger partial charge in [0.15, 0.2) is 11.0 Å². The second kappa shape index (κ2) is 13.7. The zero-order valence-electron chi connectivity index (χ0n) is 23.0. The molecule has 0 bridgehead atoms. The number of carbonyl (C=O) groups is 2. The molecule has 0 saturated heterocycles. The number of carbonyl (C=O) groups excluding carboxylic acids is 2. The Labute approximate surface area is 238 Å². The summed E-state index contributed by atoms with van der Waals surface area (Å²) >= 11 is 1.31. The minimum absolute atomic E-state index is 0.0830. The molecule has 1 atom stereocenters. The van der Waals surface area contributed by atoms with Crippen molar-refractivity contribution in [2.24, 2.45) is 16.1 Å². The van der Waals surface area contributed by atoms with E-state index in [2.05, 4.69) is 31.1 Å². The molecule has 1 aromatic heterocycles. The Morgan fingerprint density at radius 1 is 0.925 bits per heavy atom. The first-order valence-electron chi connectivity index (χ1n) is 13.1. The Morgan fingerprint density at radius 2 is 1.62 bits per heavy atom. The number of amides is 2. The van der Waals surface area contributed by atoms with Crippen molar-refractivity contribution in [3.05, 3.63) is 95.8 Å². The summed E-state index contributed by atoms with van der Waals surface area (Å²) in [5, 5.41) is 23.8. The first kappa shape index (κ1) is 28.7. The van der Waals surface area contributed by atoms with Gasteiger partial charge in [0.25, 0.3) is 5.91 Å². The van der Waals surface area contributed by atoms with Gasteiger partial charge in [-0.25, -0.2) is 0 Å². The zero-order valence-corrected chi connectivity index (χ0v) is 23.9. The molecule has 1 heterocycles. The number of rotatable bonds is 11.